The zero-order valence-corrected chi connectivity index (χ0v) is 10.8. The van der Waals surface area contributed by atoms with E-state index in [0.29, 0.717) is 6.61 Å². The number of fused-ring (bicyclic) bond motifs is 1. The van der Waals surface area contributed by atoms with Gasteiger partial charge in [0.15, 0.2) is 0 Å². The van der Waals surface area contributed by atoms with Crippen molar-refractivity contribution in [1.82, 2.24) is 5.32 Å². The molecule has 4 nitrogen and oxygen atoms in total. The van der Waals surface area contributed by atoms with Gasteiger partial charge in [0.25, 0.3) is 0 Å². The molecule has 1 unspecified atom stereocenters. The van der Waals surface area contributed by atoms with Crippen LogP contribution >= 0.6 is 0 Å². The van der Waals surface area contributed by atoms with Crippen LogP contribution in [0.25, 0.3) is 0 Å². The average Bonchev–Trinajstić information content (AvgIpc) is 2.80. The molecule has 4 heteroatoms. The first-order valence-corrected chi connectivity index (χ1v) is 6.41. The quantitative estimate of drug-likeness (QED) is 0.851. The topological polar surface area (TPSA) is 64.4 Å². The van der Waals surface area contributed by atoms with Crippen LogP contribution in [0.4, 0.5) is 0 Å². The minimum atomic E-state index is -0.456. The zero-order chi connectivity index (χ0) is 13.1. The Morgan fingerprint density at radius 3 is 3.00 bits per heavy atom. The molecule has 0 radical (unpaired) electrons. The first kappa shape index (κ1) is 12.9. The standard InChI is InChI=1S/C14H20N2O2/c1-3-9(2)13(15)14(17)16-11-8-18-12-7-5-4-6-10(11)12/h4-7,9,11,13H,3,8,15H2,1-2H3,(H,16,17)/t9-,11?,13-/m0/s1. The van der Waals surface area contributed by atoms with Gasteiger partial charge in [-0.3, -0.25) is 4.79 Å². The molecule has 0 spiro atoms. The van der Waals surface area contributed by atoms with Crippen molar-refractivity contribution in [3.63, 3.8) is 0 Å². The molecule has 0 saturated heterocycles. The van der Waals surface area contributed by atoms with Gasteiger partial charge in [-0.1, -0.05) is 38.5 Å². The molecule has 1 aliphatic heterocycles. The van der Waals surface area contributed by atoms with Crippen molar-refractivity contribution in [2.45, 2.75) is 32.4 Å². The molecular weight excluding hydrogens is 228 g/mol. The fourth-order valence-corrected chi connectivity index (χ4v) is 2.06. The summed E-state index contributed by atoms with van der Waals surface area (Å²) in [7, 11) is 0. The number of carbonyl (C=O) groups is 1. The maximum Gasteiger partial charge on any atom is 0.237 e. The predicted octanol–water partition coefficient (Wildman–Crippen LogP) is 1.61. The number of ether oxygens (including phenoxy) is 1. The van der Waals surface area contributed by atoms with Gasteiger partial charge in [0.05, 0.1) is 12.1 Å². The van der Waals surface area contributed by atoms with Crippen molar-refractivity contribution in [2.75, 3.05) is 6.61 Å². The van der Waals surface area contributed by atoms with Crippen molar-refractivity contribution in [3.05, 3.63) is 29.8 Å². The van der Waals surface area contributed by atoms with E-state index in [1.54, 1.807) is 0 Å². The van der Waals surface area contributed by atoms with E-state index in [4.69, 9.17) is 10.5 Å². The van der Waals surface area contributed by atoms with Crippen LogP contribution in [0.1, 0.15) is 31.9 Å². The normalized spacial score (nSPS) is 20.7. The van der Waals surface area contributed by atoms with Crippen molar-refractivity contribution in [3.8, 4) is 5.75 Å². The summed E-state index contributed by atoms with van der Waals surface area (Å²) in [5, 5.41) is 2.96. The van der Waals surface area contributed by atoms with Gasteiger partial charge in [-0.15, -0.1) is 0 Å². The number of amides is 1. The Hall–Kier alpha value is -1.55. The molecular formula is C14H20N2O2. The summed E-state index contributed by atoms with van der Waals surface area (Å²) < 4.78 is 5.52. The van der Waals surface area contributed by atoms with Crippen molar-refractivity contribution >= 4 is 5.91 Å². The highest BCUT2D eigenvalue weighted by atomic mass is 16.5. The molecule has 1 aromatic carbocycles. The van der Waals surface area contributed by atoms with E-state index in [2.05, 4.69) is 5.32 Å². The van der Waals surface area contributed by atoms with Crippen LogP contribution in [0.5, 0.6) is 5.75 Å². The van der Waals surface area contributed by atoms with E-state index < -0.39 is 6.04 Å². The number of nitrogens with two attached hydrogens (primary N) is 1. The summed E-state index contributed by atoms with van der Waals surface area (Å²) in [5.74, 6) is 0.928. The lowest BCUT2D eigenvalue weighted by atomic mass is 9.98. The van der Waals surface area contributed by atoms with Gasteiger partial charge in [0, 0.05) is 5.56 Å². The van der Waals surface area contributed by atoms with E-state index >= 15 is 0 Å². The Balaban J connectivity index is 2.02. The summed E-state index contributed by atoms with van der Waals surface area (Å²) in [5.41, 5.74) is 6.95. The Morgan fingerprint density at radius 1 is 1.56 bits per heavy atom. The molecule has 1 amide bonds. The minimum absolute atomic E-state index is 0.0798. The number of rotatable bonds is 4. The third kappa shape index (κ3) is 2.48. The van der Waals surface area contributed by atoms with E-state index in [0.717, 1.165) is 17.7 Å². The smallest absolute Gasteiger partial charge is 0.237 e. The molecule has 0 aromatic heterocycles. The fourth-order valence-electron chi connectivity index (χ4n) is 2.06. The van der Waals surface area contributed by atoms with Crippen molar-refractivity contribution in [2.24, 2.45) is 11.7 Å². The molecule has 3 atom stereocenters. The van der Waals surface area contributed by atoms with Crippen LogP contribution in [-0.2, 0) is 4.79 Å². The van der Waals surface area contributed by atoms with Crippen LogP contribution < -0.4 is 15.8 Å². The molecule has 1 aliphatic rings. The van der Waals surface area contributed by atoms with E-state index in [-0.39, 0.29) is 17.9 Å². The van der Waals surface area contributed by atoms with Gasteiger partial charge >= 0.3 is 0 Å². The Bertz CT molecular complexity index is 434. The minimum Gasteiger partial charge on any atom is -0.491 e. The van der Waals surface area contributed by atoms with Gasteiger partial charge in [0.2, 0.25) is 5.91 Å². The molecule has 0 bridgehead atoms. The number of hydrogen-bond donors (Lipinski definition) is 2. The Labute approximate surface area is 108 Å². The average molecular weight is 248 g/mol. The van der Waals surface area contributed by atoms with Gasteiger partial charge in [-0.25, -0.2) is 0 Å². The lowest BCUT2D eigenvalue weighted by Gasteiger charge is -2.20. The molecule has 0 fully saturated rings. The lowest BCUT2D eigenvalue weighted by molar-refractivity contribution is -0.124. The third-order valence-corrected chi connectivity index (χ3v) is 3.58. The lowest BCUT2D eigenvalue weighted by Crippen LogP contribution is -2.46. The molecule has 3 N–H and O–H groups in total. The first-order valence-electron chi connectivity index (χ1n) is 6.41. The highest BCUT2D eigenvalue weighted by molar-refractivity contribution is 5.82. The fraction of sp³-hybridized carbons (Fsp3) is 0.500. The molecule has 0 saturated carbocycles. The molecule has 98 valence electrons. The molecule has 18 heavy (non-hydrogen) atoms. The summed E-state index contributed by atoms with van der Waals surface area (Å²) in [4.78, 5) is 12.0. The Kier molecular flexibility index (Phi) is 3.87. The Morgan fingerprint density at radius 2 is 2.28 bits per heavy atom. The molecule has 0 aliphatic carbocycles. The molecule has 1 aromatic rings. The summed E-state index contributed by atoms with van der Waals surface area (Å²) >= 11 is 0. The number of benzene rings is 1. The summed E-state index contributed by atoms with van der Waals surface area (Å²) in [6.07, 6.45) is 0.895. The number of para-hydroxylation sites is 1. The number of carbonyl (C=O) groups excluding carboxylic acids is 1. The van der Waals surface area contributed by atoms with Crippen LogP contribution in [0, 0.1) is 5.92 Å². The van der Waals surface area contributed by atoms with Gasteiger partial charge in [-0.05, 0) is 12.0 Å². The second kappa shape index (κ2) is 5.40. The number of hydrogen-bond acceptors (Lipinski definition) is 3. The van der Waals surface area contributed by atoms with E-state index in [1.807, 2.05) is 38.1 Å². The highest BCUT2D eigenvalue weighted by Crippen LogP contribution is 2.31. The number of nitrogens with one attached hydrogen (secondary N) is 1. The van der Waals surface area contributed by atoms with E-state index in [9.17, 15) is 4.79 Å². The van der Waals surface area contributed by atoms with E-state index in [1.165, 1.54) is 0 Å². The monoisotopic (exact) mass is 248 g/mol. The SMILES string of the molecule is CC[C@H](C)[C@H](N)C(=O)NC1COc2ccccc21. The largest absolute Gasteiger partial charge is 0.491 e. The second-order valence-corrected chi connectivity index (χ2v) is 4.82. The molecule has 1 heterocycles. The van der Waals surface area contributed by atoms with Gasteiger partial charge < -0.3 is 15.8 Å². The van der Waals surface area contributed by atoms with Crippen molar-refractivity contribution in [1.29, 1.82) is 0 Å². The highest BCUT2D eigenvalue weighted by Gasteiger charge is 2.28. The second-order valence-electron chi connectivity index (χ2n) is 4.82. The molecule has 2 rings (SSSR count). The predicted molar refractivity (Wildman–Crippen MR) is 70.3 cm³/mol. The van der Waals surface area contributed by atoms with Crippen LogP contribution in [-0.4, -0.2) is 18.6 Å². The maximum atomic E-state index is 12.0. The van der Waals surface area contributed by atoms with Crippen LogP contribution in [0.2, 0.25) is 0 Å². The zero-order valence-electron chi connectivity index (χ0n) is 10.8. The van der Waals surface area contributed by atoms with Crippen LogP contribution in [0.3, 0.4) is 0 Å². The van der Waals surface area contributed by atoms with Gasteiger partial charge in [-0.2, -0.15) is 0 Å². The van der Waals surface area contributed by atoms with Gasteiger partial charge in [0.1, 0.15) is 12.4 Å². The summed E-state index contributed by atoms with van der Waals surface area (Å²) in [6.45, 7) is 4.51. The third-order valence-electron chi connectivity index (χ3n) is 3.58. The van der Waals surface area contributed by atoms with Crippen molar-refractivity contribution < 1.29 is 9.53 Å². The van der Waals surface area contributed by atoms with Crippen LogP contribution in [0.15, 0.2) is 24.3 Å². The maximum absolute atomic E-state index is 12.0. The summed E-state index contributed by atoms with van der Waals surface area (Å²) in [6, 6.07) is 7.22. The first-order chi connectivity index (χ1) is 8.63.